The van der Waals surface area contributed by atoms with E-state index in [2.05, 4.69) is 4.74 Å². The maximum absolute atomic E-state index is 12.6. The Morgan fingerprint density at radius 2 is 1.85 bits per heavy atom. The second-order valence-corrected chi connectivity index (χ2v) is 8.57. The lowest BCUT2D eigenvalue weighted by atomic mass is 9.81. The number of hydrogen-bond acceptors (Lipinski definition) is 4. The summed E-state index contributed by atoms with van der Waals surface area (Å²) in [5.41, 5.74) is -1.09. The molecule has 2 saturated heterocycles. The third kappa shape index (κ3) is 4.69. The van der Waals surface area contributed by atoms with Crippen LogP contribution in [0.3, 0.4) is 0 Å². The lowest BCUT2D eigenvalue weighted by Gasteiger charge is -2.44. The molecule has 2 atom stereocenters. The Balaban J connectivity index is 1.73. The number of hydrogen-bond donors (Lipinski definition) is 1. The monoisotopic (exact) mass is 383 g/mol. The molecule has 1 aromatic carbocycles. The number of rotatable bonds is 4. The van der Waals surface area contributed by atoms with Crippen LogP contribution in [-0.2, 0) is 11.2 Å². The zero-order valence-corrected chi connectivity index (χ0v) is 16.0. The molecule has 2 aliphatic heterocycles. The van der Waals surface area contributed by atoms with Gasteiger partial charge in [0.25, 0.3) is 0 Å². The number of benzene rings is 1. The van der Waals surface area contributed by atoms with Gasteiger partial charge >= 0.3 is 12.7 Å². The van der Waals surface area contributed by atoms with Gasteiger partial charge < -0.3 is 19.5 Å². The molecular formula is C20H27F2NO4. The summed E-state index contributed by atoms with van der Waals surface area (Å²) in [5.74, 6) is 0.0860. The molecule has 150 valence electrons. The molecule has 0 aromatic heterocycles. The van der Waals surface area contributed by atoms with Crippen molar-refractivity contribution in [2.45, 2.75) is 82.8 Å². The first-order valence-electron chi connectivity index (χ1n) is 9.33. The molecule has 2 heterocycles. The second kappa shape index (κ2) is 7.26. The standard InChI is InChI=1S/C20H27F2NO4/c1-19(2,3)27-18(24)23-14-8-9-15(23)12-20(25,11-14)10-13-6-4-5-7-16(13)26-17(21)22/h4-7,14-15,17,25H,8-12H2,1-3H3. The predicted molar refractivity (Wildman–Crippen MR) is 95.8 cm³/mol. The third-order valence-electron chi connectivity index (χ3n) is 5.16. The number of halogens is 2. The van der Waals surface area contributed by atoms with Gasteiger partial charge in [0.05, 0.1) is 5.60 Å². The van der Waals surface area contributed by atoms with E-state index in [1.54, 1.807) is 23.1 Å². The van der Waals surface area contributed by atoms with Crippen LogP contribution in [0, 0.1) is 0 Å². The Hall–Kier alpha value is -1.89. The molecule has 5 nitrogen and oxygen atoms in total. The lowest BCUT2D eigenvalue weighted by Crippen LogP contribution is -2.55. The maximum atomic E-state index is 12.6. The molecule has 2 unspecified atom stereocenters. The molecule has 2 fully saturated rings. The fourth-order valence-corrected chi connectivity index (χ4v) is 4.29. The summed E-state index contributed by atoms with van der Waals surface area (Å²) in [5, 5.41) is 11.2. The first kappa shape index (κ1) is 19.9. The first-order chi connectivity index (χ1) is 12.6. The van der Waals surface area contributed by atoms with Gasteiger partial charge in [0.2, 0.25) is 0 Å². The number of para-hydroxylation sites is 1. The number of amides is 1. The van der Waals surface area contributed by atoms with Crippen LogP contribution in [-0.4, -0.2) is 46.0 Å². The van der Waals surface area contributed by atoms with Crippen molar-refractivity contribution >= 4 is 6.09 Å². The number of alkyl halides is 2. The highest BCUT2D eigenvalue weighted by Crippen LogP contribution is 2.43. The van der Waals surface area contributed by atoms with Crippen molar-refractivity contribution in [3.63, 3.8) is 0 Å². The Bertz CT molecular complexity index is 675. The predicted octanol–water partition coefficient (Wildman–Crippen LogP) is 4.12. The van der Waals surface area contributed by atoms with E-state index >= 15 is 0 Å². The summed E-state index contributed by atoms with van der Waals surface area (Å²) < 4.78 is 35.4. The summed E-state index contributed by atoms with van der Waals surface area (Å²) in [6, 6.07) is 6.33. The topological polar surface area (TPSA) is 59.0 Å². The number of aliphatic hydroxyl groups is 1. The minimum atomic E-state index is -2.91. The molecule has 0 aliphatic carbocycles. The van der Waals surface area contributed by atoms with Crippen LogP contribution in [0.15, 0.2) is 24.3 Å². The molecule has 7 heteroatoms. The minimum absolute atomic E-state index is 0.0860. The number of carbonyl (C=O) groups excluding carboxylic acids is 1. The quantitative estimate of drug-likeness (QED) is 0.850. The van der Waals surface area contributed by atoms with Gasteiger partial charge in [-0.05, 0) is 58.1 Å². The van der Waals surface area contributed by atoms with Gasteiger partial charge in [0.1, 0.15) is 11.4 Å². The largest absolute Gasteiger partial charge is 0.444 e. The third-order valence-corrected chi connectivity index (χ3v) is 5.16. The van der Waals surface area contributed by atoms with Gasteiger partial charge in [-0.25, -0.2) is 4.79 Å². The Kier molecular flexibility index (Phi) is 5.34. The van der Waals surface area contributed by atoms with Crippen molar-refractivity contribution in [3.8, 4) is 5.75 Å². The van der Waals surface area contributed by atoms with Gasteiger partial charge in [-0.2, -0.15) is 8.78 Å². The second-order valence-electron chi connectivity index (χ2n) is 8.57. The molecule has 27 heavy (non-hydrogen) atoms. The fourth-order valence-electron chi connectivity index (χ4n) is 4.29. The van der Waals surface area contributed by atoms with Crippen molar-refractivity contribution in [3.05, 3.63) is 29.8 Å². The molecule has 0 radical (unpaired) electrons. The molecule has 2 bridgehead atoms. The number of piperidine rings is 1. The molecule has 1 aromatic rings. The molecule has 0 saturated carbocycles. The van der Waals surface area contributed by atoms with E-state index in [1.807, 2.05) is 20.8 Å². The van der Waals surface area contributed by atoms with Crippen LogP contribution in [0.25, 0.3) is 0 Å². The Morgan fingerprint density at radius 3 is 2.41 bits per heavy atom. The van der Waals surface area contributed by atoms with E-state index in [9.17, 15) is 18.7 Å². The van der Waals surface area contributed by atoms with Gasteiger partial charge in [-0.15, -0.1) is 0 Å². The van der Waals surface area contributed by atoms with Crippen molar-refractivity contribution in [2.75, 3.05) is 0 Å². The first-order valence-corrected chi connectivity index (χ1v) is 9.33. The molecular weight excluding hydrogens is 356 g/mol. The van der Waals surface area contributed by atoms with Crippen molar-refractivity contribution in [2.24, 2.45) is 0 Å². The van der Waals surface area contributed by atoms with E-state index in [0.717, 1.165) is 12.8 Å². The highest BCUT2D eigenvalue weighted by atomic mass is 19.3. The summed E-state index contributed by atoms with van der Waals surface area (Å²) in [6.07, 6.45) is 2.27. The number of fused-ring (bicyclic) bond motifs is 2. The Labute approximate surface area is 158 Å². The lowest BCUT2D eigenvalue weighted by molar-refractivity contribution is -0.0630. The van der Waals surface area contributed by atoms with Gasteiger partial charge in [0.15, 0.2) is 0 Å². The van der Waals surface area contributed by atoms with E-state index in [0.29, 0.717) is 18.4 Å². The molecule has 1 amide bonds. The van der Waals surface area contributed by atoms with Crippen molar-refractivity contribution in [1.29, 1.82) is 0 Å². The number of carbonyl (C=O) groups is 1. The van der Waals surface area contributed by atoms with Crippen LogP contribution in [0.1, 0.15) is 52.0 Å². The molecule has 3 rings (SSSR count). The molecule has 2 aliphatic rings. The molecule has 1 N–H and O–H groups in total. The summed E-state index contributed by atoms with van der Waals surface area (Å²) in [4.78, 5) is 14.3. The van der Waals surface area contributed by atoms with E-state index in [1.165, 1.54) is 6.07 Å². The van der Waals surface area contributed by atoms with Crippen LogP contribution >= 0.6 is 0 Å². The SMILES string of the molecule is CC(C)(C)OC(=O)N1C2CCC1CC(O)(Cc1ccccc1OC(F)F)C2. The highest BCUT2D eigenvalue weighted by Gasteiger charge is 2.50. The van der Waals surface area contributed by atoms with Crippen LogP contribution in [0.2, 0.25) is 0 Å². The average molecular weight is 383 g/mol. The fraction of sp³-hybridized carbons (Fsp3) is 0.650. The zero-order chi connectivity index (χ0) is 19.8. The van der Waals surface area contributed by atoms with E-state index in [-0.39, 0.29) is 30.3 Å². The van der Waals surface area contributed by atoms with Crippen molar-refractivity contribution in [1.82, 2.24) is 4.90 Å². The number of nitrogens with zero attached hydrogens (tertiary/aromatic N) is 1. The summed E-state index contributed by atoms with van der Waals surface area (Å²) >= 11 is 0. The smallest absolute Gasteiger partial charge is 0.410 e. The normalized spacial score (nSPS) is 27.7. The van der Waals surface area contributed by atoms with Crippen LogP contribution in [0.5, 0.6) is 5.75 Å². The average Bonchev–Trinajstić information content (AvgIpc) is 2.80. The van der Waals surface area contributed by atoms with Gasteiger partial charge in [0, 0.05) is 18.5 Å². The summed E-state index contributed by atoms with van der Waals surface area (Å²) in [7, 11) is 0. The zero-order valence-electron chi connectivity index (χ0n) is 16.0. The van der Waals surface area contributed by atoms with Crippen LogP contribution in [0.4, 0.5) is 13.6 Å². The van der Waals surface area contributed by atoms with Crippen LogP contribution < -0.4 is 4.74 Å². The highest BCUT2D eigenvalue weighted by molar-refractivity contribution is 5.69. The Morgan fingerprint density at radius 1 is 1.26 bits per heavy atom. The summed E-state index contributed by atoms with van der Waals surface area (Å²) in [6.45, 7) is 2.57. The number of ether oxygens (including phenoxy) is 2. The van der Waals surface area contributed by atoms with Crippen molar-refractivity contribution < 1.29 is 28.2 Å². The van der Waals surface area contributed by atoms with Gasteiger partial charge in [-0.3, -0.25) is 0 Å². The molecule has 0 spiro atoms. The van der Waals surface area contributed by atoms with E-state index in [4.69, 9.17) is 4.74 Å². The van der Waals surface area contributed by atoms with Gasteiger partial charge in [-0.1, -0.05) is 18.2 Å². The maximum Gasteiger partial charge on any atom is 0.410 e. The minimum Gasteiger partial charge on any atom is -0.444 e. The van der Waals surface area contributed by atoms with E-state index < -0.39 is 17.8 Å².